The molecular formula is C21H21ClN3O2S+. The molecule has 0 unspecified atom stereocenters. The van der Waals surface area contributed by atoms with Gasteiger partial charge in [-0.25, -0.2) is 0 Å². The molecule has 2 N–H and O–H groups in total. The lowest BCUT2D eigenvalue weighted by molar-refractivity contribution is -0.895. The Labute approximate surface area is 172 Å². The van der Waals surface area contributed by atoms with Gasteiger partial charge < -0.3 is 15.1 Å². The van der Waals surface area contributed by atoms with Crippen molar-refractivity contribution in [3.63, 3.8) is 0 Å². The van der Waals surface area contributed by atoms with Crippen LogP contribution in [0.3, 0.4) is 0 Å². The van der Waals surface area contributed by atoms with Gasteiger partial charge in [-0.15, -0.1) is 11.3 Å². The highest BCUT2D eigenvalue weighted by Crippen LogP contribution is 2.26. The summed E-state index contributed by atoms with van der Waals surface area (Å²) in [6, 6.07) is 17.2. The van der Waals surface area contributed by atoms with Crippen LogP contribution in [-0.2, 0) is 4.79 Å². The molecule has 1 saturated heterocycles. The number of piperazine rings is 1. The quantitative estimate of drug-likeness (QED) is 0.689. The molecule has 3 aromatic rings. The highest BCUT2D eigenvalue weighted by atomic mass is 35.5. The largest absolute Gasteiger partial charge is 0.327 e. The van der Waals surface area contributed by atoms with E-state index in [-0.39, 0.29) is 11.8 Å². The van der Waals surface area contributed by atoms with Crippen LogP contribution in [-0.4, -0.2) is 49.4 Å². The molecular weight excluding hydrogens is 394 g/mol. The second-order valence-electron chi connectivity index (χ2n) is 6.90. The second-order valence-corrected chi connectivity index (χ2v) is 8.39. The smallest absolute Gasteiger partial charge is 0.279 e. The topological polar surface area (TPSA) is 53.9 Å². The van der Waals surface area contributed by atoms with Crippen LogP contribution < -0.4 is 10.2 Å². The van der Waals surface area contributed by atoms with E-state index in [1.165, 1.54) is 16.2 Å². The van der Waals surface area contributed by atoms with Gasteiger partial charge in [0.1, 0.15) is 0 Å². The number of nitrogens with zero attached hydrogens (tertiary/aromatic N) is 1. The second kappa shape index (κ2) is 8.31. The Kier molecular flexibility index (Phi) is 5.62. The van der Waals surface area contributed by atoms with Crippen LogP contribution in [0.1, 0.15) is 9.67 Å². The van der Waals surface area contributed by atoms with E-state index >= 15 is 0 Å². The molecule has 1 fully saturated rings. The molecule has 4 rings (SSSR count). The Bertz CT molecular complexity index is 979. The number of fused-ring (bicyclic) bond motifs is 1. The summed E-state index contributed by atoms with van der Waals surface area (Å²) in [5.74, 6) is 0.0214. The number of anilines is 1. The summed E-state index contributed by atoms with van der Waals surface area (Å²) >= 11 is 7.63. The number of carbonyl (C=O) groups is 2. The maximum Gasteiger partial charge on any atom is 0.279 e. The average molecular weight is 415 g/mol. The molecule has 28 heavy (non-hydrogen) atoms. The first-order chi connectivity index (χ1) is 13.6. The van der Waals surface area contributed by atoms with Gasteiger partial charge in [0.25, 0.3) is 11.8 Å². The summed E-state index contributed by atoms with van der Waals surface area (Å²) < 4.78 is 1.13. The number of thiophene rings is 1. The standard InChI is InChI=1S/C21H20ClN3O2S/c22-16-6-2-3-7-17(16)23-20(26)14-24-9-11-25(12-10-24)21(27)19-13-15-5-1-4-8-18(15)28-19/h1-8,13H,9-12,14H2,(H,23,26)/p+1. The fourth-order valence-electron chi connectivity index (χ4n) is 3.43. The summed E-state index contributed by atoms with van der Waals surface area (Å²) in [4.78, 5) is 28.9. The lowest BCUT2D eigenvalue weighted by Crippen LogP contribution is -3.15. The molecule has 2 aromatic carbocycles. The van der Waals surface area contributed by atoms with E-state index in [0.717, 1.165) is 28.1 Å². The minimum absolute atomic E-state index is 0.0626. The van der Waals surface area contributed by atoms with Crippen LogP contribution in [0.5, 0.6) is 0 Å². The lowest BCUT2D eigenvalue weighted by Gasteiger charge is -2.31. The third-order valence-electron chi connectivity index (χ3n) is 4.95. The van der Waals surface area contributed by atoms with Crippen LogP contribution in [0.25, 0.3) is 10.1 Å². The SMILES string of the molecule is O=C(C[NH+]1CCN(C(=O)c2cc3ccccc3s2)CC1)Nc1ccccc1Cl. The van der Waals surface area contributed by atoms with Gasteiger partial charge in [0, 0.05) is 4.70 Å². The number of halogens is 1. The van der Waals surface area contributed by atoms with Gasteiger partial charge in [0.15, 0.2) is 6.54 Å². The fraction of sp³-hybridized carbons (Fsp3) is 0.238. The first-order valence-corrected chi connectivity index (χ1v) is 10.5. The van der Waals surface area contributed by atoms with Crippen molar-refractivity contribution >= 4 is 50.5 Å². The zero-order chi connectivity index (χ0) is 19.5. The van der Waals surface area contributed by atoms with E-state index in [9.17, 15) is 9.59 Å². The van der Waals surface area contributed by atoms with Crippen LogP contribution in [0.4, 0.5) is 5.69 Å². The Morgan fingerprint density at radius 3 is 2.54 bits per heavy atom. The number of para-hydroxylation sites is 1. The van der Waals surface area contributed by atoms with Crippen molar-refractivity contribution in [2.24, 2.45) is 0 Å². The van der Waals surface area contributed by atoms with E-state index < -0.39 is 0 Å². The molecule has 0 aliphatic carbocycles. The van der Waals surface area contributed by atoms with E-state index in [0.29, 0.717) is 30.3 Å². The number of nitrogens with one attached hydrogen (secondary N) is 2. The normalized spacial score (nSPS) is 15.0. The van der Waals surface area contributed by atoms with Crippen LogP contribution in [0.15, 0.2) is 54.6 Å². The maximum atomic E-state index is 12.8. The minimum atomic E-state index is -0.0626. The van der Waals surface area contributed by atoms with Crippen molar-refractivity contribution in [2.45, 2.75) is 0 Å². The van der Waals surface area contributed by atoms with Gasteiger partial charge in [0.2, 0.25) is 0 Å². The molecule has 1 aliphatic rings. The zero-order valence-corrected chi connectivity index (χ0v) is 16.9. The number of quaternary nitrogens is 1. The third-order valence-corrected chi connectivity index (χ3v) is 6.39. The Morgan fingerprint density at radius 1 is 1.07 bits per heavy atom. The van der Waals surface area contributed by atoms with Crippen molar-refractivity contribution in [1.29, 1.82) is 0 Å². The highest BCUT2D eigenvalue weighted by molar-refractivity contribution is 7.20. The molecule has 144 valence electrons. The van der Waals surface area contributed by atoms with Crippen molar-refractivity contribution in [1.82, 2.24) is 4.90 Å². The van der Waals surface area contributed by atoms with Gasteiger partial charge in [-0.05, 0) is 29.7 Å². The molecule has 0 atom stereocenters. The number of amides is 2. The van der Waals surface area contributed by atoms with Crippen LogP contribution in [0, 0.1) is 0 Å². The predicted molar refractivity (Wildman–Crippen MR) is 113 cm³/mol. The molecule has 2 amide bonds. The monoisotopic (exact) mass is 414 g/mol. The van der Waals surface area contributed by atoms with Gasteiger partial charge in [-0.1, -0.05) is 41.9 Å². The van der Waals surface area contributed by atoms with Gasteiger partial charge >= 0.3 is 0 Å². The van der Waals surface area contributed by atoms with Gasteiger partial charge in [-0.3, -0.25) is 9.59 Å². The van der Waals surface area contributed by atoms with Crippen molar-refractivity contribution in [3.05, 3.63) is 64.5 Å². The van der Waals surface area contributed by atoms with E-state index in [1.807, 2.05) is 47.4 Å². The minimum Gasteiger partial charge on any atom is -0.327 e. The summed E-state index contributed by atoms with van der Waals surface area (Å²) in [7, 11) is 0. The summed E-state index contributed by atoms with van der Waals surface area (Å²) in [5.41, 5.74) is 0.632. The molecule has 1 aromatic heterocycles. The first-order valence-electron chi connectivity index (χ1n) is 9.26. The van der Waals surface area contributed by atoms with Crippen molar-refractivity contribution in [2.75, 3.05) is 38.0 Å². The van der Waals surface area contributed by atoms with Crippen molar-refractivity contribution in [3.8, 4) is 0 Å². The van der Waals surface area contributed by atoms with Crippen LogP contribution in [0.2, 0.25) is 5.02 Å². The molecule has 0 spiro atoms. The van der Waals surface area contributed by atoms with Gasteiger partial charge in [-0.2, -0.15) is 0 Å². The summed E-state index contributed by atoms with van der Waals surface area (Å²) in [6.07, 6.45) is 0. The predicted octanol–water partition coefficient (Wildman–Crippen LogP) is 2.53. The molecule has 5 nitrogen and oxygen atoms in total. The Hall–Kier alpha value is -2.41. The fourth-order valence-corrected chi connectivity index (χ4v) is 4.64. The molecule has 2 heterocycles. The van der Waals surface area contributed by atoms with Gasteiger partial charge in [0.05, 0.1) is 41.8 Å². The van der Waals surface area contributed by atoms with E-state index in [4.69, 9.17) is 11.6 Å². The zero-order valence-electron chi connectivity index (χ0n) is 15.3. The number of carbonyl (C=O) groups excluding carboxylic acids is 2. The Balaban J connectivity index is 1.31. The number of hydrogen-bond donors (Lipinski definition) is 2. The number of rotatable bonds is 4. The lowest BCUT2D eigenvalue weighted by atomic mass is 10.2. The molecule has 0 radical (unpaired) electrons. The number of benzene rings is 2. The average Bonchev–Trinajstić information content (AvgIpc) is 3.14. The molecule has 0 saturated carbocycles. The third kappa shape index (κ3) is 4.19. The molecule has 0 bridgehead atoms. The van der Waals surface area contributed by atoms with Crippen LogP contribution >= 0.6 is 22.9 Å². The molecule has 1 aliphatic heterocycles. The summed E-state index contributed by atoms with van der Waals surface area (Å²) in [5, 5.41) is 4.50. The van der Waals surface area contributed by atoms with E-state index in [1.54, 1.807) is 12.1 Å². The van der Waals surface area contributed by atoms with Crippen molar-refractivity contribution < 1.29 is 14.5 Å². The summed E-state index contributed by atoms with van der Waals surface area (Å²) in [6.45, 7) is 3.19. The maximum absolute atomic E-state index is 12.8. The Morgan fingerprint density at radius 2 is 1.79 bits per heavy atom. The van der Waals surface area contributed by atoms with E-state index in [2.05, 4.69) is 5.32 Å². The first kappa shape index (κ1) is 18.9. The number of hydrogen-bond acceptors (Lipinski definition) is 3. The highest BCUT2D eigenvalue weighted by Gasteiger charge is 2.27. The molecule has 7 heteroatoms.